The molecule has 1 aliphatic rings. The van der Waals surface area contributed by atoms with Crippen molar-refractivity contribution in [3.05, 3.63) is 29.8 Å². The average molecular weight is 750 g/mol. The first-order chi connectivity index (χ1) is 21.4. The van der Waals surface area contributed by atoms with E-state index in [4.69, 9.17) is 28.9 Å². The van der Waals surface area contributed by atoms with Gasteiger partial charge in [-0.1, -0.05) is 33.7 Å². The first-order valence-corrected chi connectivity index (χ1v) is 20.5. The Hall–Kier alpha value is -0.720. The van der Waals surface area contributed by atoms with E-state index in [1.165, 1.54) is 45.9 Å². The Morgan fingerprint density at radius 3 is 2.46 bits per heavy atom. The number of amides is 2. The van der Waals surface area contributed by atoms with Gasteiger partial charge in [0.05, 0.1) is 12.7 Å². The number of ether oxygens (including phenoxy) is 2. The standard InChI is InChI=1S/C22H39B2N2O15P3S2/c1-22(2,13-26-20(27)5-3-4-10-25-21(28)15-6-8-16(9-7-15)24(29)30)46-45-14-37-17-11-19(23)39-18(17)12-38-43(33,34)41-44(35,36)40-42(31)32/h6-9,17-19,29-30,42H,3-5,10-14,23H2,1-2H3,(H,25,28)(H,26,27)(H,31,32)(H,33,34)(H,35,36)/t17-,18-,19-/m1/s1. The molecule has 0 bridgehead atoms. The summed E-state index contributed by atoms with van der Waals surface area (Å²) < 4.78 is 57.6. The van der Waals surface area contributed by atoms with E-state index in [1.807, 2.05) is 13.8 Å². The zero-order valence-corrected chi connectivity index (χ0v) is 29.7. The van der Waals surface area contributed by atoms with Gasteiger partial charge in [-0.15, -0.1) is 0 Å². The molecule has 2 amide bonds. The molecular formula is C22H39B2N2O15P3S2. The first-order valence-electron chi connectivity index (χ1n) is 13.9. The lowest BCUT2D eigenvalue weighted by Gasteiger charge is -2.24. The third-order valence-electron chi connectivity index (χ3n) is 6.10. The number of unbranched alkanes of at least 4 members (excludes halogenated alkanes) is 1. The van der Waals surface area contributed by atoms with Gasteiger partial charge in [-0.3, -0.25) is 18.7 Å². The smallest absolute Gasteiger partial charge is 0.423 e. The van der Waals surface area contributed by atoms with Crippen LogP contribution in [-0.2, 0) is 41.1 Å². The van der Waals surface area contributed by atoms with Crippen molar-refractivity contribution in [2.75, 3.05) is 25.6 Å². The molecule has 1 aromatic carbocycles. The highest BCUT2D eigenvalue weighted by Crippen LogP contribution is 2.63. The molecular weight excluding hydrogens is 711 g/mol. The van der Waals surface area contributed by atoms with Crippen molar-refractivity contribution in [1.82, 2.24) is 10.6 Å². The fourth-order valence-electron chi connectivity index (χ4n) is 3.93. The molecule has 1 aromatic rings. The van der Waals surface area contributed by atoms with Gasteiger partial charge in [-0.25, -0.2) is 13.4 Å². The van der Waals surface area contributed by atoms with Crippen LogP contribution in [0.2, 0.25) is 0 Å². The van der Waals surface area contributed by atoms with Crippen LogP contribution in [0.1, 0.15) is 49.9 Å². The molecule has 2 rings (SSSR count). The van der Waals surface area contributed by atoms with E-state index in [-0.39, 0.29) is 40.4 Å². The van der Waals surface area contributed by atoms with E-state index < -0.39 is 49.8 Å². The maximum Gasteiger partial charge on any atom is 0.488 e. The van der Waals surface area contributed by atoms with Gasteiger partial charge in [-0.2, -0.15) is 4.31 Å². The lowest BCUT2D eigenvalue weighted by molar-refractivity contribution is -0.121. The minimum absolute atomic E-state index is 0.126. The molecule has 0 radical (unpaired) electrons. The second kappa shape index (κ2) is 19.5. The Labute approximate surface area is 276 Å². The monoisotopic (exact) mass is 750 g/mol. The fraction of sp³-hybridized carbons (Fsp3) is 0.636. The van der Waals surface area contributed by atoms with E-state index in [1.54, 1.807) is 7.85 Å². The molecule has 17 nitrogen and oxygen atoms in total. The van der Waals surface area contributed by atoms with E-state index in [0.29, 0.717) is 37.9 Å². The molecule has 7 N–H and O–H groups in total. The normalized spacial score (nSPS) is 21.6. The second-order valence-electron chi connectivity index (χ2n) is 10.7. The molecule has 0 spiro atoms. The lowest BCUT2D eigenvalue weighted by Crippen LogP contribution is -2.36. The van der Waals surface area contributed by atoms with Crippen molar-refractivity contribution in [2.24, 2.45) is 0 Å². The first kappa shape index (κ1) is 41.5. The van der Waals surface area contributed by atoms with Crippen molar-refractivity contribution < 1.29 is 70.6 Å². The van der Waals surface area contributed by atoms with Gasteiger partial charge >= 0.3 is 31.0 Å². The van der Waals surface area contributed by atoms with Crippen molar-refractivity contribution in [2.45, 2.75) is 62.5 Å². The van der Waals surface area contributed by atoms with Crippen molar-refractivity contribution >= 4 is 77.7 Å². The van der Waals surface area contributed by atoms with Crippen molar-refractivity contribution in [3.63, 3.8) is 0 Å². The molecule has 46 heavy (non-hydrogen) atoms. The van der Waals surface area contributed by atoms with Crippen molar-refractivity contribution in [3.8, 4) is 0 Å². The molecule has 24 heteroatoms. The zero-order valence-electron chi connectivity index (χ0n) is 25.3. The molecule has 0 aromatic heterocycles. The third kappa shape index (κ3) is 16.6. The quantitative estimate of drug-likeness (QED) is 0.0293. The van der Waals surface area contributed by atoms with Gasteiger partial charge in [0.1, 0.15) is 19.9 Å². The van der Waals surface area contributed by atoms with Crippen LogP contribution in [0.25, 0.3) is 0 Å². The number of phosphoric ester groups is 1. The molecule has 1 aliphatic heterocycles. The number of hydrogen-bond acceptors (Lipinski definition) is 14. The number of benzene rings is 1. The summed E-state index contributed by atoms with van der Waals surface area (Å²) in [7, 11) is -11.4. The predicted molar refractivity (Wildman–Crippen MR) is 175 cm³/mol. The number of hydrogen-bond donors (Lipinski definition) is 7. The van der Waals surface area contributed by atoms with Crippen LogP contribution in [0.5, 0.6) is 0 Å². The SMILES string of the molecule is B[C@H]1C[C@@H](OCSSC(C)(C)CNC(=O)CCCCNC(=O)c2ccc(B(O)O)cc2)[C@@H](COP(=O)(O)OP(=O)(O)O[PH](=O)O)O1. The summed E-state index contributed by atoms with van der Waals surface area (Å²) in [6.45, 7) is 4.12. The number of carbonyl (C=O) groups excluding carboxylic acids is 2. The van der Waals surface area contributed by atoms with E-state index in [2.05, 4.69) is 19.3 Å². The van der Waals surface area contributed by atoms with E-state index in [0.717, 1.165) is 0 Å². The molecule has 1 fully saturated rings. The van der Waals surface area contributed by atoms with Crippen molar-refractivity contribution in [1.29, 1.82) is 0 Å². The van der Waals surface area contributed by atoms with Crippen LogP contribution < -0.4 is 16.1 Å². The van der Waals surface area contributed by atoms with Gasteiger partial charge in [0, 0.05) is 35.8 Å². The van der Waals surface area contributed by atoms with Gasteiger partial charge in [-0.05, 0) is 50.7 Å². The Balaban J connectivity index is 1.62. The molecule has 1 heterocycles. The Morgan fingerprint density at radius 1 is 1.15 bits per heavy atom. The summed E-state index contributed by atoms with van der Waals surface area (Å²) in [4.78, 5) is 52.0. The molecule has 1 saturated heterocycles. The van der Waals surface area contributed by atoms with E-state index in [9.17, 15) is 33.1 Å². The average Bonchev–Trinajstić information content (AvgIpc) is 3.30. The molecule has 6 atom stereocenters. The van der Waals surface area contributed by atoms with Crippen LogP contribution in [0.15, 0.2) is 24.3 Å². The van der Waals surface area contributed by atoms with Crippen LogP contribution in [-0.4, -0.2) is 100 Å². The van der Waals surface area contributed by atoms with Gasteiger partial charge in [0.25, 0.3) is 5.91 Å². The maximum absolute atomic E-state index is 12.3. The topological polar surface area (TPSA) is 257 Å². The fourth-order valence-corrected chi connectivity index (χ4v) is 8.89. The summed E-state index contributed by atoms with van der Waals surface area (Å²) in [5, 5.41) is 23.9. The minimum Gasteiger partial charge on any atom is -0.423 e. The highest BCUT2D eigenvalue weighted by molar-refractivity contribution is 8.77. The van der Waals surface area contributed by atoms with Crippen LogP contribution in [0.4, 0.5) is 0 Å². The maximum atomic E-state index is 12.3. The van der Waals surface area contributed by atoms with Crippen LogP contribution in [0, 0.1) is 0 Å². The molecule has 0 aliphatic carbocycles. The van der Waals surface area contributed by atoms with Crippen LogP contribution in [0.3, 0.4) is 0 Å². The molecule has 0 saturated carbocycles. The third-order valence-corrected chi connectivity index (χ3v) is 12.7. The highest BCUT2D eigenvalue weighted by Gasteiger charge is 2.40. The summed E-state index contributed by atoms with van der Waals surface area (Å²) in [6, 6.07) is 5.64. The lowest BCUT2D eigenvalue weighted by atomic mass is 9.80. The second-order valence-corrected chi connectivity index (χ2v) is 17.7. The zero-order chi connectivity index (χ0) is 34.5. The highest BCUT2D eigenvalue weighted by atomic mass is 33.1. The number of rotatable bonds is 21. The van der Waals surface area contributed by atoms with Crippen LogP contribution >= 0.6 is 45.5 Å². The van der Waals surface area contributed by atoms with E-state index >= 15 is 0 Å². The minimum atomic E-state index is -5.32. The van der Waals surface area contributed by atoms with Gasteiger partial charge in [0.15, 0.2) is 0 Å². The number of nitrogens with one attached hydrogen (secondary N) is 2. The summed E-state index contributed by atoms with van der Waals surface area (Å²) in [6.07, 6.45) is 0.544. The predicted octanol–water partition coefficient (Wildman–Crippen LogP) is 0.266. The largest absolute Gasteiger partial charge is 0.488 e. The van der Waals surface area contributed by atoms with Gasteiger partial charge in [0.2, 0.25) is 5.91 Å². The number of phosphoric acid groups is 2. The number of carbonyl (C=O) groups is 2. The molecule has 3 unspecified atom stereocenters. The summed E-state index contributed by atoms with van der Waals surface area (Å²) >= 11 is 0. The summed E-state index contributed by atoms with van der Waals surface area (Å²) in [5.41, 5.74) is 0.673. The Kier molecular flexibility index (Phi) is 17.5. The van der Waals surface area contributed by atoms with Gasteiger partial charge < -0.3 is 44.8 Å². The molecule has 260 valence electrons. The Morgan fingerprint density at radius 2 is 1.83 bits per heavy atom. The Bertz CT molecular complexity index is 1270. The summed E-state index contributed by atoms with van der Waals surface area (Å²) in [5.74, 6) is -0.217.